The van der Waals surface area contributed by atoms with Crippen molar-refractivity contribution in [2.75, 3.05) is 13.7 Å². The molecule has 0 bridgehead atoms. The van der Waals surface area contributed by atoms with Crippen LogP contribution in [0.1, 0.15) is 33.2 Å². The Morgan fingerprint density at radius 1 is 0.767 bits per heavy atom. The van der Waals surface area contributed by atoms with Gasteiger partial charge in [-0.1, -0.05) is 18.2 Å². The molecule has 30 heavy (non-hydrogen) atoms. The number of esters is 1. The third-order valence-electron chi connectivity index (χ3n) is 4.29. The molecule has 0 radical (unpaired) electrons. The van der Waals surface area contributed by atoms with Gasteiger partial charge >= 0.3 is 5.97 Å². The van der Waals surface area contributed by atoms with Crippen molar-refractivity contribution in [2.45, 2.75) is 6.92 Å². The summed E-state index contributed by atoms with van der Waals surface area (Å²) in [7, 11) is 1.56. The van der Waals surface area contributed by atoms with E-state index in [1.807, 2.05) is 31.2 Å². The second-order valence-corrected chi connectivity index (χ2v) is 6.34. The third kappa shape index (κ3) is 5.58. The van der Waals surface area contributed by atoms with Crippen molar-refractivity contribution in [3.8, 4) is 17.2 Å². The van der Waals surface area contributed by atoms with Gasteiger partial charge in [0.25, 0.3) is 0 Å². The maximum absolute atomic E-state index is 12.4. The predicted molar refractivity (Wildman–Crippen MR) is 115 cm³/mol. The number of carbonyl (C=O) groups excluding carboxylic acids is 2. The van der Waals surface area contributed by atoms with Gasteiger partial charge in [0.2, 0.25) is 0 Å². The zero-order valence-electron chi connectivity index (χ0n) is 16.8. The van der Waals surface area contributed by atoms with Gasteiger partial charge in [-0.05, 0) is 79.2 Å². The maximum Gasteiger partial charge on any atom is 0.343 e. The van der Waals surface area contributed by atoms with Crippen molar-refractivity contribution in [1.29, 1.82) is 0 Å². The van der Waals surface area contributed by atoms with E-state index >= 15 is 0 Å². The Labute approximate surface area is 175 Å². The van der Waals surface area contributed by atoms with Crippen LogP contribution in [0.5, 0.6) is 17.2 Å². The highest BCUT2D eigenvalue weighted by Crippen LogP contribution is 2.18. The zero-order valence-corrected chi connectivity index (χ0v) is 16.8. The second-order valence-electron chi connectivity index (χ2n) is 6.34. The Bertz CT molecular complexity index is 1020. The molecule has 0 heterocycles. The first-order valence-corrected chi connectivity index (χ1v) is 9.50. The number of allylic oxidation sites excluding steroid dienone is 1. The topological polar surface area (TPSA) is 61.8 Å². The molecule has 0 N–H and O–H groups in total. The average Bonchev–Trinajstić information content (AvgIpc) is 2.79. The minimum atomic E-state index is -0.480. The average molecular weight is 402 g/mol. The molecule has 0 aromatic heterocycles. The predicted octanol–water partition coefficient (Wildman–Crippen LogP) is 5.21. The molecular formula is C25H22O5. The molecule has 0 aliphatic heterocycles. The fourth-order valence-electron chi connectivity index (χ4n) is 2.69. The molecule has 5 nitrogen and oxygen atoms in total. The summed E-state index contributed by atoms with van der Waals surface area (Å²) in [6.07, 6.45) is 3.25. The molecule has 0 saturated carbocycles. The van der Waals surface area contributed by atoms with Crippen LogP contribution in [0.25, 0.3) is 6.08 Å². The van der Waals surface area contributed by atoms with Gasteiger partial charge < -0.3 is 14.2 Å². The van der Waals surface area contributed by atoms with E-state index in [0.29, 0.717) is 29.2 Å². The Morgan fingerprint density at radius 3 is 1.93 bits per heavy atom. The van der Waals surface area contributed by atoms with Crippen molar-refractivity contribution in [1.82, 2.24) is 0 Å². The van der Waals surface area contributed by atoms with Gasteiger partial charge in [-0.15, -0.1) is 0 Å². The number of carbonyl (C=O) groups is 2. The van der Waals surface area contributed by atoms with E-state index in [4.69, 9.17) is 14.2 Å². The van der Waals surface area contributed by atoms with E-state index in [9.17, 15) is 9.59 Å². The van der Waals surface area contributed by atoms with Gasteiger partial charge in [-0.2, -0.15) is 0 Å². The lowest BCUT2D eigenvalue weighted by Crippen LogP contribution is -2.08. The molecule has 0 atom stereocenters. The summed E-state index contributed by atoms with van der Waals surface area (Å²) in [5, 5.41) is 0. The minimum Gasteiger partial charge on any atom is -0.497 e. The molecule has 0 aliphatic rings. The SMILES string of the molecule is CCOc1ccc(C=CC(=O)c2ccc(OC(=O)c3ccc(OC)cc3)cc2)cc1. The van der Waals surface area contributed by atoms with Crippen LogP contribution in [0.2, 0.25) is 0 Å². The maximum atomic E-state index is 12.4. The summed E-state index contributed by atoms with van der Waals surface area (Å²) in [5.41, 5.74) is 1.81. The summed E-state index contributed by atoms with van der Waals surface area (Å²) >= 11 is 0. The molecule has 0 unspecified atom stereocenters. The van der Waals surface area contributed by atoms with Crippen LogP contribution < -0.4 is 14.2 Å². The van der Waals surface area contributed by atoms with Crippen molar-refractivity contribution in [3.05, 3.63) is 95.6 Å². The first kappa shape index (κ1) is 20.9. The van der Waals surface area contributed by atoms with Gasteiger partial charge in [0.15, 0.2) is 5.78 Å². The van der Waals surface area contributed by atoms with E-state index in [1.54, 1.807) is 61.7 Å². The molecule has 3 aromatic carbocycles. The number of ether oxygens (including phenoxy) is 3. The summed E-state index contributed by atoms with van der Waals surface area (Å²) in [6.45, 7) is 2.54. The number of hydrogen-bond donors (Lipinski definition) is 0. The first-order valence-electron chi connectivity index (χ1n) is 9.50. The molecule has 3 rings (SSSR count). The molecule has 0 saturated heterocycles. The van der Waals surface area contributed by atoms with E-state index < -0.39 is 5.97 Å². The van der Waals surface area contributed by atoms with Crippen LogP contribution in [0.15, 0.2) is 78.9 Å². The van der Waals surface area contributed by atoms with E-state index in [1.165, 1.54) is 6.08 Å². The van der Waals surface area contributed by atoms with Gasteiger partial charge in [0, 0.05) is 5.56 Å². The van der Waals surface area contributed by atoms with Gasteiger partial charge in [-0.25, -0.2) is 4.79 Å². The molecule has 5 heteroatoms. The highest BCUT2D eigenvalue weighted by molar-refractivity contribution is 6.06. The fraction of sp³-hybridized carbons (Fsp3) is 0.120. The quantitative estimate of drug-likeness (QED) is 0.224. The van der Waals surface area contributed by atoms with Gasteiger partial charge in [-0.3, -0.25) is 4.79 Å². The summed E-state index contributed by atoms with van der Waals surface area (Å²) in [5.74, 6) is 1.19. The van der Waals surface area contributed by atoms with E-state index in [0.717, 1.165) is 11.3 Å². The molecule has 152 valence electrons. The lowest BCUT2D eigenvalue weighted by molar-refractivity contribution is 0.0734. The Kier molecular flexibility index (Phi) is 7.00. The number of benzene rings is 3. The number of hydrogen-bond acceptors (Lipinski definition) is 5. The highest BCUT2D eigenvalue weighted by Gasteiger charge is 2.09. The van der Waals surface area contributed by atoms with Crippen molar-refractivity contribution >= 4 is 17.8 Å². The van der Waals surface area contributed by atoms with Crippen LogP contribution >= 0.6 is 0 Å². The van der Waals surface area contributed by atoms with Gasteiger partial charge in [0.05, 0.1) is 19.3 Å². The summed E-state index contributed by atoms with van der Waals surface area (Å²) in [4.78, 5) is 24.6. The van der Waals surface area contributed by atoms with Crippen LogP contribution in [0, 0.1) is 0 Å². The normalized spacial score (nSPS) is 10.6. The molecule has 3 aromatic rings. The lowest BCUT2D eigenvalue weighted by Gasteiger charge is -2.06. The molecular weight excluding hydrogens is 380 g/mol. The van der Waals surface area contributed by atoms with Crippen molar-refractivity contribution < 1.29 is 23.8 Å². The lowest BCUT2D eigenvalue weighted by atomic mass is 10.1. The summed E-state index contributed by atoms with van der Waals surface area (Å²) in [6, 6.07) is 20.6. The van der Waals surface area contributed by atoms with E-state index in [-0.39, 0.29) is 5.78 Å². The molecule has 0 amide bonds. The third-order valence-corrected chi connectivity index (χ3v) is 4.29. The molecule has 0 aliphatic carbocycles. The molecule has 0 spiro atoms. The Hall–Kier alpha value is -3.86. The molecule has 0 fully saturated rings. The first-order chi connectivity index (χ1) is 14.6. The van der Waals surface area contributed by atoms with Crippen LogP contribution in [0.3, 0.4) is 0 Å². The van der Waals surface area contributed by atoms with Crippen LogP contribution in [-0.2, 0) is 0 Å². The number of ketones is 1. The van der Waals surface area contributed by atoms with Crippen molar-refractivity contribution in [2.24, 2.45) is 0 Å². The summed E-state index contributed by atoms with van der Waals surface area (Å²) < 4.78 is 15.8. The van der Waals surface area contributed by atoms with E-state index in [2.05, 4.69) is 0 Å². The van der Waals surface area contributed by atoms with Gasteiger partial charge in [0.1, 0.15) is 17.2 Å². The number of rotatable bonds is 8. The standard InChI is InChI=1S/C25H22O5/c1-3-29-22-11-4-18(5-12-22)6-17-24(26)19-7-15-23(16-8-19)30-25(27)20-9-13-21(28-2)14-10-20/h4-17H,3H2,1-2H3. The smallest absolute Gasteiger partial charge is 0.343 e. The Morgan fingerprint density at radius 2 is 1.33 bits per heavy atom. The van der Waals surface area contributed by atoms with Crippen molar-refractivity contribution in [3.63, 3.8) is 0 Å². The number of methoxy groups -OCH3 is 1. The minimum absolute atomic E-state index is 0.142. The Balaban J connectivity index is 1.59. The van der Waals surface area contributed by atoms with Crippen LogP contribution in [0.4, 0.5) is 0 Å². The zero-order chi connectivity index (χ0) is 21.3. The highest BCUT2D eigenvalue weighted by atomic mass is 16.5. The van der Waals surface area contributed by atoms with Crippen LogP contribution in [-0.4, -0.2) is 25.5 Å². The second kappa shape index (κ2) is 10.1. The monoisotopic (exact) mass is 402 g/mol. The fourth-order valence-corrected chi connectivity index (χ4v) is 2.69. The largest absolute Gasteiger partial charge is 0.497 e.